The number of aryl methyl sites for hydroxylation is 2. The van der Waals surface area contributed by atoms with Crippen LogP contribution in [0.2, 0.25) is 0 Å². The molecule has 0 aliphatic carbocycles. The Balaban J connectivity index is 2.37. The largest absolute Gasteiger partial charge is 0.461 e. The first kappa shape index (κ1) is 17.8. The van der Waals surface area contributed by atoms with Crippen LogP contribution in [0.15, 0.2) is 18.2 Å². The topological polar surface area (TPSA) is 60.3 Å². The summed E-state index contributed by atoms with van der Waals surface area (Å²) in [6.07, 6.45) is 0. The summed E-state index contributed by atoms with van der Waals surface area (Å²) in [5.41, 5.74) is 5.32. The van der Waals surface area contributed by atoms with Crippen LogP contribution in [0.4, 0.5) is 5.69 Å². The molecule has 1 heterocycles. The Labute approximate surface area is 142 Å². The molecule has 0 fully saturated rings. The Morgan fingerprint density at radius 3 is 2.38 bits per heavy atom. The van der Waals surface area contributed by atoms with Crippen LogP contribution in [-0.4, -0.2) is 23.1 Å². The molecule has 0 aliphatic rings. The number of benzene rings is 1. The summed E-state index contributed by atoms with van der Waals surface area (Å²) in [5.74, 6) is -0.634. The molecule has 0 radical (unpaired) electrons. The molecule has 0 aliphatic heterocycles. The summed E-state index contributed by atoms with van der Waals surface area (Å²) in [4.78, 5) is 24.9. The van der Waals surface area contributed by atoms with Gasteiger partial charge in [0.1, 0.15) is 5.69 Å². The number of nitrogens with one attached hydrogen (secondary N) is 1. The van der Waals surface area contributed by atoms with Gasteiger partial charge in [0, 0.05) is 18.4 Å². The van der Waals surface area contributed by atoms with E-state index in [4.69, 9.17) is 4.74 Å². The number of anilines is 1. The van der Waals surface area contributed by atoms with Crippen molar-refractivity contribution in [2.24, 2.45) is 7.05 Å². The van der Waals surface area contributed by atoms with Gasteiger partial charge in [0.05, 0.1) is 12.2 Å². The monoisotopic (exact) mass is 328 g/mol. The third-order valence-electron chi connectivity index (χ3n) is 4.39. The number of aromatic nitrogens is 1. The quantitative estimate of drug-likeness (QED) is 0.871. The number of hydrogen-bond acceptors (Lipinski definition) is 3. The van der Waals surface area contributed by atoms with Gasteiger partial charge in [-0.05, 0) is 63.4 Å². The molecule has 1 aromatic heterocycles. The average Bonchev–Trinajstić information content (AvgIpc) is 2.73. The van der Waals surface area contributed by atoms with Gasteiger partial charge in [0.25, 0.3) is 5.91 Å². The van der Waals surface area contributed by atoms with E-state index < -0.39 is 5.97 Å². The van der Waals surface area contributed by atoms with E-state index in [1.807, 2.05) is 39.0 Å². The zero-order valence-corrected chi connectivity index (χ0v) is 15.1. The van der Waals surface area contributed by atoms with Crippen LogP contribution >= 0.6 is 0 Å². The van der Waals surface area contributed by atoms with Crippen molar-refractivity contribution in [2.75, 3.05) is 11.9 Å². The standard InChI is InChI=1S/C19H24N2O3/c1-7-24-19(23)17-13(4)16(14(5)21(17)6)18(22)20-15-9-8-11(2)12(3)10-15/h8-10H,7H2,1-6H3,(H,20,22). The molecule has 0 spiro atoms. The van der Waals surface area contributed by atoms with Gasteiger partial charge in [-0.3, -0.25) is 4.79 Å². The minimum absolute atomic E-state index is 0.223. The van der Waals surface area contributed by atoms with Gasteiger partial charge >= 0.3 is 5.97 Å². The maximum absolute atomic E-state index is 12.7. The maximum atomic E-state index is 12.7. The summed E-state index contributed by atoms with van der Waals surface area (Å²) in [6.45, 7) is 9.68. The predicted octanol–water partition coefficient (Wildman–Crippen LogP) is 3.69. The molecule has 0 unspecified atom stereocenters. The van der Waals surface area contributed by atoms with Crippen molar-refractivity contribution in [1.29, 1.82) is 0 Å². The Hall–Kier alpha value is -2.56. The highest BCUT2D eigenvalue weighted by atomic mass is 16.5. The van der Waals surface area contributed by atoms with Crippen molar-refractivity contribution in [1.82, 2.24) is 4.57 Å². The lowest BCUT2D eigenvalue weighted by atomic mass is 10.1. The molecule has 0 saturated heterocycles. The molecule has 2 aromatic rings. The van der Waals surface area contributed by atoms with Crippen LogP contribution in [0.25, 0.3) is 0 Å². The lowest BCUT2D eigenvalue weighted by Gasteiger charge is -2.08. The van der Waals surface area contributed by atoms with Gasteiger partial charge in [0.15, 0.2) is 0 Å². The van der Waals surface area contributed by atoms with E-state index in [2.05, 4.69) is 5.32 Å². The summed E-state index contributed by atoms with van der Waals surface area (Å²) in [5, 5.41) is 2.92. The summed E-state index contributed by atoms with van der Waals surface area (Å²) < 4.78 is 6.80. The molecule has 128 valence electrons. The van der Waals surface area contributed by atoms with E-state index in [0.29, 0.717) is 23.4 Å². The van der Waals surface area contributed by atoms with Crippen molar-refractivity contribution in [2.45, 2.75) is 34.6 Å². The minimum atomic E-state index is -0.411. The van der Waals surface area contributed by atoms with Gasteiger partial charge in [0.2, 0.25) is 0 Å². The Morgan fingerprint density at radius 1 is 1.12 bits per heavy atom. The van der Waals surface area contributed by atoms with E-state index in [9.17, 15) is 9.59 Å². The molecule has 0 atom stereocenters. The zero-order valence-electron chi connectivity index (χ0n) is 15.1. The van der Waals surface area contributed by atoms with Crippen LogP contribution in [0.5, 0.6) is 0 Å². The number of esters is 1. The first-order chi connectivity index (χ1) is 11.3. The fraction of sp³-hybridized carbons (Fsp3) is 0.368. The summed E-state index contributed by atoms with van der Waals surface area (Å²) >= 11 is 0. The third kappa shape index (κ3) is 3.20. The second kappa shape index (κ2) is 6.91. The van der Waals surface area contributed by atoms with Gasteiger partial charge in [-0.15, -0.1) is 0 Å². The van der Waals surface area contributed by atoms with Gasteiger partial charge in [-0.1, -0.05) is 6.07 Å². The van der Waals surface area contributed by atoms with E-state index in [-0.39, 0.29) is 5.91 Å². The second-order valence-corrected chi connectivity index (χ2v) is 5.97. The number of ether oxygens (including phenoxy) is 1. The third-order valence-corrected chi connectivity index (χ3v) is 4.39. The highest BCUT2D eigenvalue weighted by molar-refractivity contribution is 6.08. The number of hydrogen-bond donors (Lipinski definition) is 1. The van der Waals surface area contributed by atoms with Gasteiger partial charge < -0.3 is 14.6 Å². The molecule has 5 nitrogen and oxygen atoms in total. The molecule has 1 aromatic carbocycles. The first-order valence-corrected chi connectivity index (χ1v) is 7.99. The molecular formula is C19H24N2O3. The molecule has 0 bridgehead atoms. The Bertz CT molecular complexity index is 803. The highest BCUT2D eigenvalue weighted by Crippen LogP contribution is 2.24. The highest BCUT2D eigenvalue weighted by Gasteiger charge is 2.25. The van der Waals surface area contributed by atoms with E-state index in [1.54, 1.807) is 25.5 Å². The fourth-order valence-electron chi connectivity index (χ4n) is 2.81. The first-order valence-electron chi connectivity index (χ1n) is 7.99. The molecule has 1 amide bonds. The Morgan fingerprint density at radius 2 is 1.79 bits per heavy atom. The summed E-state index contributed by atoms with van der Waals surface area (Å²) in [6, 6.07) is 5.78. The molecule has 0 saturated carbocycles. The van der Waals surface area contributed by atoms with Crippen molar-refractivity contribution in [3.63, 3.8) is 0 Å². The molecule has 24 heavy (non-hydrogen) atoms. The minimum Gasteiger partial charge on any atom is -0.461 e. The van der Waals surface area contributed by atoms with Crippen LogP contribution in [0.3, 0.4) is 0 Å². The van der Waals surface area contributed by atoms with Crippen molar-refractivity contribution >= 4 is 17.6 Å². The van der Waals surface area contributed by atoms with Crippen LogP contribution < -0.4 is 5.32 Å². The van der Waals surface area contributed by atoms with E-state index in [0.717, 1.165) is 16.9 Å². The Kier molecular flexibility index (Phi) is 5.12. The molecule has 5 heteroatoms. The number of amides is 1. The number of rotatable bonds is 4. The lowest BCUT2D eigenvalue weighted by Crippen LogP contribution is -2.14. The zero-order chi connectivity index (χ0) is 18.0. The predicted molar refractivity (Wildman–Crippen MR) is 94.7 cm³/mol. The normalized spacial score (nSPS) is 10.6. The molecule has 1 N–H and O–H groups in total. The second-order valence-electron chi connectivity index (χ2n) is 5.97. The van der Waals surface area contributed by atoms with Gasteiger partial charge in [-0.25, -0.2) is 4.79 Å². The smallest absolute Gasteiger partial charge is 0.355 e. The van der Waals surface area contributed by atoms with E-state index >= 15 is 0 Å². The van der Waals surface area contributed by atoms with Crippen LogP contribution in [-0.2, 0) is 11.8 Å². The van der Waals surface area contributed by atoms with Gasteiger partial charge in [-0.2, -0.15) is 0 Å². The molecule has 2 rings (SSSR count). The lowest BCUT2D eigenvalue weighted by molar-refractivity contribution is 0.0514. The van der Waals surface area contributed by atoms with Crippen molar-refractivity contribution in [3.05, 3.63) is 51.8 Å². The van der Waals surface area contributed by atoms with Crippen LogP contribution in [0, 0.1) is 27.7 Å². The summed E-state index contributed by atoms with van der Waals surface area (Å²) in [7, 11) is 1.77. The van der Waals surface area contributed by atoms with Crippen molar-refractivity contribution in [3.8, 4) is 0 Å². The number of carbonyl (C=O) groups is 2. The molecular weight excluding hydrogens is 304 g/mol. The van der Waals surface area contributed by atoms with Crippen LogP contribution in [0.1, 0.15) is 50.2 Å². The van der Waals surface area contributed by atoms with E-state index in [1.165, 1.54) is 5.56 Å². The number of carbonyl (C=O) groups excluding carboxylic acids is 2. The fourth-order valence-corrected chi connectivity index (χ4v) is 2.81. The SMILES string of the molecule is CCOC(=O)c1c(C)c(C(=O)Nc2ccc(C)c(C)c2)c(C)n1C. The van der Waals surface area contributed by atoms with Crippen molar-refractivity contribution < 1.29 is 14.3 Å². The maximum Gasteiger partial charge on any atom is 0.355 e. The average molecular weight is 328 g/mol. The number of nitrogens with zero attached hydrogens (tertiary/aromatic N) is 1.